The van der Waals surface area contributed by atoms with Crippen molar-refractivity contribution in [1.29, 1.82) is 0 Å². The zero-order chi connectivity index (χ0) is 28.9. The fourth-order valence-electron chi connectivity index (χ4n) is 5.00. The first-order valence-corrected chi connectivity index (χ1v) is 14.1. The molecule has 5 rings (SSSR count). The first-order valence-electron chi connectivity index (χ1n) is 14.1. The minimum Gasteiger partial charge on any atom is -0.394 e. The highest BCUT2D eigenvalue weighted by Crippen LogP contribution is 2.40. The molecule has 0 aliphatic heterocycles. The van der Waals surface area contributed by atoms with Gasteiger partial charge in [-0.2, -0.15) is 0 Å². The lowest BCUT2D eigenvalue weighted by Crippen LogP contribution is -2.39. The molecule has 1 unspecified atom stereocenters. The van der Waals surface area contributed by atoms with Crippen LogP contribution in [-0.4, -0.2) is 43.4 Å². The number of H-pyrrole nitrogens is 1. The van der Waals surface area contributed by atoms with Gasteiger partial charge in [0.25, 0.3) is 5.56 Å². The highest BCUT2D eigenvalue weighted by Gasteiger charge is 2.31. The number of aliphatic hydroxyl groups is 1. The summed E-state index contributed by atoms with van der Waals surface area (Å²) < 4.78 is 6.41. The molecule has 1 amide bonds. The van der Waals surface area contributed by atoms with E-state index >= 15 is 0 Å². The Morgan fingerprint density at radius 3 is 2.51 bits per heavy atom. The third-order valence-electron chi connectivity index (χ3n) is 7.34. The number of carbonyl (C=O) groups excluding carboxylic acids is 1. The highest BCUT2D eigenvalue weighted by molar-refractivity contribution is 5.80. The van der Waals surface area contributed by atoms with E-state index in [-0.39, 0.29) is 36.5 Å². The zero-order valence-electron chi connectivity index (χ0n) is 23.4. The van der Waals surface area contributed by atoms with Crippen molar-refractivity contribution in [1.82, 2.24) is 25.0 Å². The molecule has 41 heavy (non-hydrogen) atoms. The molecule has 1 atom stereocenters. The van der Waals surface area contributed by atoms with E-state index in [1.807, 2.05) is 48.5 Å². The number of hydrogen-bond donors (Lipinski definition) is 3. The fourth-order valence-corrected chi connectivity index (χ4v) is 5.00. The number of rotatable bonds is 12. The van der Waals surface area contributed by atoms with Gasteiger partial charge in [-0.1, -0.05) is 67.0 Å². The van der Waals surface area contributed by atoms with E-state index in [0.717, 1.165) is 59.5 Å². The standard InChI is InChI=1S/C31H35N5O5/c1-3-4-9-26-33-28(22-14-15-22)25(16-27(38)32-19(2)18-37)30(39)36(26)17-20-10-12-21(13-11-20)23-7-5-6-8-24(23)29-34-31(40)41-35-29/h5-8,10-13,19,22,37H,3-4,9,14-18H2,1-2H3,(H,32,38)(H,34,35,40). The number of aromatic amines is 1. The molecular formula is C31H35N5O5. The molecule has 0 saturated heterocycles. The minimum atomic E-state index is -0.615. The molecule has 1 aliphatic carbocycles. The average Bonchev–Trinajstić information content (AvgIpc) is 3.74. The van der Waals surface area contributed by atoms with Crippen LogP contribution in [0.1, 0.15) is 68.1 Å². The van der Waals surface area contributed by atoms with Gasteiger partial charge >= 0.3 is 5.76 Å². The Morgan fingerprint density at radius 1 is 1.15 bits per heavy atom. The molecule has 3 N–H and O–H groups in total. The summed E-state index contributed by atoms with van der Waals surface area (Å²) in [4.78, 5) is 45.8. The Bertz CT molecular complexity index is 1630. The molecule has 1 fully saturated rings. The molecule has 2 aromatic heterocycles. The third kappa shape index (κ3) is 6.54. The Morgan fingerprint density at radius 2 is 1.88 bits per heavy atom. The molecular weight excluding hydrogens is 522 g/mol. The lowest BCUT2D eigenvalue weighted by molar-refractivity contribution is -0.121. The summed E-state index contributed by atoms with van der Waals surface area (Å²) in [6.45, 7) is 3.99. The molecule has 1 aliphatic rings. The van der Waals surface area contributed by atoms with Gasteiger partial charge in [-0.15, -0.1) is 0 Å². The van der Waals surface area contributed by atoms with Crippen molar-refractivity contribution in [2.45, 2.75) is 70.9 Å². The molecule has 0 radical (unpaired) electrons. The van der Waals surface area contributed by atoms with E-state index in [4.69, 9.17) is 9.51 Å². The van der Waals surface area contributed by atoms with Crippen LogP contribution >= 0.6 is 0 Å². The molecule has 10 heteroatoms. The molecule has 0 bridgehead atoms. The topological polar surface area (TPSA) is 143 Å². The SMILES string of the molecule is CCCCc1nc(C2CC2)c(CC(=O)NC(C)CO)c(=O)n1Cc1ccc(-c2ccccc2-c2noc(=O)[nH]2)cc1. The van der Waals surface area contributed by atoms with Gasteiger partial charge in [-0.3, -0.25) is 23.7 Å². The monoisotopic (exact) mass is 557 g/mol. The van der Waals surface area contributed by atoms with E-state index < -0.39 is 5.76 Å². The molecule has 1 saturated carbocycles. The summed E-state index contributed by atoms with van der Waals surface area (Å²) in [7, 11) is 0. The smallest absolute Gasteiger partial charge is 0.394 e. The average molecular weight is 558 g/mol. The molecule has 10 nitrogen and oxygen atoms in total. The van der Waals surface area contributed by atoms with Crippen LogP contribution in [0.2, 0.25) is 0 Å². The first kappa shape index (κ1) is 28.2. The van der Waals surface area contributed by atoms with Crippen LogP contribution < -0.4 is 16.6 Å². The Kier molecular flexibility index (Phi) is 8.58. The second kappa shape index (κ2) is 12.5. The number of hydrogen-bond acceptors (Lipinski definition) is 7. The van der Waals surface area contributed by atoms with Gasteiger partial charge in [0.15, 0.2) is 5.82 Å². The lowest BCUT2D eigenvalue weighted by atomic mass is 9.98. The maximum atomic E-state index is 13.9. The van der Waals surface area contributed by atoms with E-state index in [9.17, 15) is 19.5 Å². The van der Waals surface area contributed by atoms with Crippen LogP contribution in [0, 0.1) is 0 Å². The third-order valence-corrected chi connectivity index (χ3v) is 7.34. The van der Waals surface area contributed by atoms with E-state index in [2.05, 4.69) is 22.4 Å². The summed E-state index contributed by atoms with van der Waals surface area (Å²) in [6, 6.07) is 15.1. The fraction of sp³-hybridized carbons (Fsp3) is 0.387. The summed E-state index contributed by atoms with van der Waals surface area (Å²) in [5.41, 5.74) is 4.48. The van der Waals surface area contributed by atoms with Crippen molar-refractivity contribution in [2.24, 2.45) is 0 Å². The number of nitrogens with one attached hydrogen (secondary N) is 2. The summed E-state index contributed by atoms with van der Waals surface area (Å²) in [6.07, 6.45) is 4.44. The molecule has 214 valence electrons. The van der Waals surface area contributed by atoms with Gasteiger partial charge in [0, 0.05) is 29.5 Å². The second-order valence-electron chi connectivity index (χ2n) is 10.7. The predicted octanol–water partition coefficient (Wildman–Crippen LogP) is 3.56. The first-order chi connectivity index (χ1) is 19.9. The summed E-state index contributed by atoms with van der Waals surface area (Å²) in [5, 5.41) is 15.9. The summed E-state index contributed by atoms with van der Waals surface area (Å²) >= 11 is 0. The van der Waals surface area contributed by atoms with E-state index in [1.54, 1.807) is 11.5 Å². The number of benzene rings is 2. The van der Waals surface area contributed by atoms with Crippen LogP contribution in [-0.2, 0) is 24.2 Å². The van der Waals surface area contributed by atoms with Crippen LogP contribution in [0.25, 0.3) is 22.5 Å². The Labute approximate surface area is 237 Å². The van der Waals surface area contributed by atoms with Crippen LogP contribution in [0.3, 0.4) is 0 Å². The van der Waals surface area contributed by atoms with Crippen molar-refractivity contribution in [3.05, 3.63) is 92.1 Å². The van der Waals surface area contributed by atoms with Gasteiger partial charge in [0.2, 0.25) is 5.91 Å². The van der Waals surface area contributed by atoms with Crippen molar-refractivity contribution in [3.63, 3.8) is 0 Å². The number of aryl methyl sites for hydroxylation is 1. The maximum absolute atomic E-state index is 13.9. The van der Waals surface area contributed by atoms with Gasteiger partial charge < -0.3 is 10.4 Å². The van der Waals surface area contributed by atoms with Gasteiger partial charge in [-0.05, 0) is 42.9 Å². The lowest BCUT2D eigenvalue weighted by Gasteiger charge is -2.18. The van der Waals surface area contributed by atoms with Crippen molar-refractivity contribution in [3.8, 4) is 22.5 Å². The number of amides is 1. The number of aliphatic hydroxyl groups excluding tert-OH is 1. The maximum Gasteiger partial charge on any atom is 0.439 e. The second-order valence-corrected chi connectivity index (χ2v) is 10.7. The van der Waals surface area contributed by atoms with Crippen LogP contribution in [0.5, 0.6) is 0 Å². The van der Waals surface area contributed by atoms with Crippen molar-refractivity contribution < 1.29 is 14.4 Å². The number of carbonyl (C=O) groups is 1. The van der Waals surface area contributed by atoms with Crippen LogP contribution in [0.15, 0.2) is 62.6 Å². The largest absolute Gasteiger partial charge is 0.439 e. The number of nitrogens with zero attached hydrogens (tertiary/aromatic N) is 3. The number of unbranched alkanes of at least 4 members (excludes halogenated alkanes) is 1. The van der Waals surface area contributed by atoms with Crippen molar-refractivity contribution in [2.75, 3.05) is 6.61 Å². The zero-order valence-corrected chi connectivity index (χ0v) is 23.4. The Hall–Kier alpha value is -4.31. The quantitative estimate of drug-likeness (QED) is 0.242. The van der Waals surface area contributed by atoms with Gasteiger partial charge in [-0.25, -0.2) is 9.78 Å². The highest BCUT2D eigenvalue weighted by atomic mass is 16.5. The molecule has 2 heterocycles. The molecule has 2 aromatic carbocycles. The van der Waals surface area contributed by atoms with Crippen molar-refractivity contribution >= 4 is 5.91 Å². The normalized spacial score (nSPS) is 13.7. The minimum absolute atomic E-state index is 0.0596. The van der Waals surface area contributed by atoms with Crippen LogP contribution in [0.4, 0.5) is 0 Å². The molecule has 4 aromatic rings. The predicted molar refractivity (Wildman–Crippen MR) is 155 cm³/mol. The molecule has 0 spiro atoms. The van der Waals surface area contributed by atoms with Gasteiger partial charge in [0.05, 0.1) is 25.3 Å². The van der Waals surface area contributed by atoms with E-state index in [0.29, 0.717) is 24.4 Å². The van der Waals surface area contributed by atoms with Gasteiger partial charge in [0.1, 0.15) is 5.82 Å². The summed E-state index contributed by atoms with van der Waals surface area (Å²) in [5.74, 6) is 0.409. The van der Waals surface area contributed by atoms with E-state index in [1.165, 1.54) is 0 Å². The number of aromatic nitrogens is 4. The Balaban J connectivity index is 1.47.